The Morgan fingerprint density at radius 3 is 2.32 bits per heavy atom. The second-order valence-corrected chi connectivity index (χ2v) is 8.05. The standard InChI is InChI=1S/C26H35N3O2/c1-3-4-5-6-7-8-9-12-19-29-24-14-11-10-13-23(24)28-25(29)20-27-26(30)21-15-17-22(31-2)18-16-21/h10-11,13-18H,3-9,12,19-20H2,1-2H3,(H,27,30). The fourth-order valence-electron chi connectivity index (χ4n) is 3.92. The molecule has 1 amide bonds. The molecule has 0 saturated carbocycles. The van der Waals surface area contributed by atoms with Gasteiger partial charge >= 0.3 is 0 Å². The number of para-hydroxylation sites is 2. The number of nitrogens with one attached hydrogen (secondary N) is 1. The number of amides is 1. The first kappa shape index (κ1) is 22.9. The second kappa shape index (κ2) is 12.1. The Hall–Kier alpha value is -2.82. The number of carbonyl (C=O) groups is 1. The third-order valence-corrected chi connectivity index (χ3v) is 5.73. The van der Waals surface area contributed by atoms with E-state index in [9.17, 15) is 4.79 Å². The first-order valence-corrected chi connectivity index (χ1v) is 11.6. The van der Waals surface area contributed by atoms with Crippen LogP contribution in [0.1, 0.15) is 74.5 Å². The van der Waals surface area contributed by atoms with E-state index in [1.165, 1.54) is 44.9 Å². The molecule has 0 aliphatic rings. The largest absolute Gasteiger partial charge is 0.497 e. The summed E-state index contributed by atoms with van der Waals surface area (Å²) in [4.78, 5) is 17.3. The Balaban J connectivity index is 1.57. The normalized spacial score (nSPS) is 11.0. The van der Waals surface area contributed by atoms with Crippen LogP contribution in [0.25, 0.3) is 11.0 Å². The lowest BCUT2D eigenvalue weighted by Crippen LogP contribution is -2.24. The number of ether oxygens (including phenoxy) is 1. The van der Waals surface area contributed by atoms with Crippen LogP contribution in [0, 0.1) is 0 Å². The van der Waals surface area contributed by atoms with Crippen molar-refractivity contribution in [1.82, 2.24) is 14.9 Å². The van der Waals surface area contributed by atoms with Crippen LogP contribution in [0.15, 0.2) is 48.5 Å². The predicted molar refractivity (Wildman–Crippen MR) is 127 cm³/mol. The number of methoxy groups -OCH3 is 1. The summed E-state index contributed by atoms with van der Waals surface area (Å²) in [7, 11) is 1.62. The number of hydrogen-bond donors (Lipinski definition) is 1. The fraction of sp³-hybridized carbons (Fsp3) is 0.462. The van der Waals surface area contributed by atoms with Crippen LogP contribution in [-0.4, -0.2) is 22.6 Å². The van der Waals surface area contributed by atoms with Crippen LogP contribution >= 0.6 is 0 Å². The number of fused-ring (bicyclic) bond motifs is 1. The second-order valence-electron chi connectivity index (χ2n) is 8.05. The van der Waals surface area contributed by atoms with Crippen molar-refractivity contribution in [1.29, 1.82) is 0 Å². The topological polar surface area (TPSA) is 56.2 Å². The molecule has 5 nitrogen and oxygen atoms in total. The number of aromatic nitrogens is 2. The van der Waals surface area contributed by atoms with Gasteiger partial charge in [0.25, 0.3) is 5.91 Å². The number of carbonyl (C=O) groups excluding carboxylic acids is 1. The Kier molecular flexibility index (Phi) is 8.95. The lowest BCUT2D eigenvalue weighted by Gasteiger charge is -2.11. The molecule has 0 spiro atoms. The Morgan fingerprint density at radius 2 is 1.61 bits per heavy atom. The highest BCUT2D eigenvalue weighted by Crippen LogP contribution is 2.18. The first-order chi connectivity index (χ1) is 15.2. The fourth-order valence-corrected chi connectivity index (χ4v) is 3.92. The lowest BCUT2D eigenvalue weighted by atomic mass is 10.1. The van der Waals surface area contributed by atoms with Crippen LogP contribution in [0.3, 0.4) is 0 Å². The van der Waals surface area contributed by atoms with E-state index in [1.807, 2.05) is 18.2 Å². The molecule has 5 heteroatoms. The summed E-state index contributed by atoms with van der Waals surface area (Å²) in [5, 5.41) is 3.02. The van der Waals surface area contributed by atoms with Gasteiger partial charge in [-0.25, -0.2) is 4.98 Å². The van der Waals surface area contributed by atoms with Gasteiger partial charge in [0.1, 0.15) is 11.6 Å². The number of benzene rings is 2. The number of rotatable bonds is 13. The van der Waals surface area contributed by atoms with Gasteiger partial charge in [-0.2, -0.15) is 0 Å². The molecule has 31 heavy (non-hydrogen) atoms. The molecule has 1 aromatic heterocycles. The van der Waals surface area contributed by atoms with E-state index >= 15 is 0 Å². The zero-order chi connectivity index (χ0) is 21.9. The molecule has 3 rings (SSSR count). The number of imidazole rings is 1. The minimum atomic E-state index is -0.103. The molecular formula is C26H35N3O2. The highest BCUT2D eigenvalue weighted by Gasteiger charge is 2.12. The average molecular weight is 422 g/mol. The van der Waals surface area contributed by atoms with Gasteiger partial charge in [0.05, 0.1) is 24.7 Å². The molecule has 0 aliphatic heterocycles. The zero-order valence-corrected chi connectivity index (χ0v) is 18.9. The van der Waals surface area contributed by atoms with Crippen LogP contribution in [-0.2, 0) is 13.1 Å². The van der Waals surface area contributed by atoms with Gasteiger partial charge in [-0.15, -0.1) is 0 Å². The van der Waals surface area contributed by atoms with E-state index in [0.717, 1.165) is 35.6 Å². The van der Waals surface area contributed by atoms with Crippen molar-refractivity contribution in [2.75, 3.05) is 7.11 Å². The Bertz CT molecular complexity index is 947. The molecule has 0 unspecified atom stereocenters. The SMILES string of the molecule is CCCCCCCCCCn1c(CNC(=O)c2ccc(OC)cc2)nc2ccccc21. The molecule has 0 atom stereocenters. The number of aryl methyl sites for hydroxylation is 1. The van der Waals surface area contributed by atoms with E-state index in [-0.39, 0.29) is 5.91 Å². The minimum absolute atomic E-state index is 0.103. The maximum atomic E-state index is 12.6. The smallest absolute Gasteiger partial charge is 0.251 e. The quantitative estimate of drug-likeness (QED) is 0.339. The molecular weight excluding hydrogens is 386 g/mol. The van der Waals surface area contributed by atoms with Gasteiger partial charge in [0.15, 0.2) is 0 Å². The third-order valence-electron chi connectivity index (χ3n) is 5.73. The molecule has 1 heterocycles. The van der Waals surface area contributed by atoms with Crippen LogP contribution < -0.4 is 10.1 Å². The van der Waals surface area contributed by atoms with E-state index in [1.54, 1.807) is 31.4 Å². The monoisotopic (exact) mass is 421 g/mol. The molecule has 3 aromatic rings. The summed E-state index contributed by atoms with van der Waals surface area (Å²) in [5.41, 5.74) is 2.74. The van der Waals surface area contributed by atoms with Crippen LogP contribution in [0.4, 0.5) is 0 Å². The predicted octanol–water partition coefficient (Wildman–Crippen LogP) is 6.12. The van der Waals surface area contributed by atoms with E-state index < -0.39 is 0 Å². The zero-order valence-electron chi connectivity index (χ0n) is 18.9. The molecule has 0 saturated heterocycles. The van der Waals surface area contributed by atoms with E-state index in [0.29, 0.717) is 12.1 Å². The number of nitrogens with zero attached hydrogens (tertiary/aromatic N) is 2. The Morgan fingerprint density at radius 1 is 0.935 bits per heavy atom. The first-order valence-electron chi connectivity index (χ1n) is 11.6. The average Bonchev–Trinajstić information content (AvgIpc) is 3.16. The summed E-state index contributed by atoms with van der Waals surface area (Å²) in [6, 6.07) is 15.4. The lowest BCUT2D eigenvalue weighted by molar-refractivity contribution is 0.0949. The molecule has 0 fully saturated rings. The highest BCUT2D eigenvalue weighted by molar-refractivity contribution is 5.94. The maximum absolute atomic E-state index is 12.6. The van der Waals surface area contributed by atoms with Crippen molar-refractivity contribution in [3.63, 3.8) is 0 Å². The molecule has 166 valence electrons. The summed E-state index contributed by atoms with van der Waals surface area (Å²) in [5.74, 6) is 1.54. The van der Waals surface area contributed by atoms with Crippen molar-refractivity contribution in [2.24, 2.45) is 0 Å². The van der Waals surface area contributed by atoms with Crippen molar-refractivity contribution in [3.05, 3.63) is 59.9 Å². The van der Waals surface area contributed by atoms with Gasteiger partial charge in [-0.3, -0.25) is 4.79 Å². The highest BCUT2D eigenvalue weighted by atomic mass is 16.5. The van der Waals surface area contributed by atoms with Crippen LogP contribution in [0.5, 0.6) is 5.75 Å². The van der Waals surface area contributed by atoms with Crippen molar-refractivity contribution >= 4 is 16.9 Å². The van der Waals surface area contributed by atoms with E-state index in [2.05, 4.69) is 22.9 Å². The van der Waals surface area contributed by atoms with Crippen LogP contribution in [0.2, 0.25) is 0 Å². The summed E-state index contributed by atoms with van der Waals surface area (Å²) >= 11 is 0. The molecule has 2 aromatic carbocycles. The maximum Gasteiger partial charge on any atom is 0.251 e. The molecule has 1 N–H and O–H groups in total. The number of unbranched alkanes of at least 4 members (excludes halogenated alkanes) is 7. The summed E-state index contributed by atoms with van der Waals surface area (Å²) < 4.78 is 7.43. The molecule has 0 bridgehead atoms. The van der Waals surface area contributed by atoms with Gasteiger partial charge < -0.3 is 14.6 Å². The number of hydrogen-bond acceptors (Lipinski definition) is 3. The van der Waals surface area contributed by atoms with E-state index in [4.69, 9.17) is 9.72 Å². The van der Waals surface area contributed by atoms with Gasteiger partial charge in [0.2, 0.25) is 0 Å². The van der Waals surface area contributed by atoms with Crippen molar-refractivity contribution in [2.45, 2.75) is 71.4 Å². The third kappa shape index (κ3) is 6.58. The molecule has 0 radical (unpaired) electrons. The van der Waals surface area contributed by atoms with Crippen molar-refractivity contribution < 1.29 is 9.53 Å². The minimum Gasteiger partial charge on any atom is -0.497 e. The van der Waals surface area contributed by atoms with Crippen molar-refractivity contribution in [3.8, 4) is 5.75 Å². The van der Waals surface area contributed by atoms with Gasteiger partial charge in [-0.05, 0) is 42.8 Å². The summed E-state index contributed by atoms with van der Waals surface area (Å²) in [6.07, 6.45) is 10.3. The Labute approximate surface area is 185 Å². The van der Waals surface area contributed by atoms with Gasteiger partial charge in [-0.1, -0.05) is 64.0 Å². The molecule has 0 aliphatic carbocycles. The summed E-state index contributed by atoms with van der Waals surface area (Å²) in [6.45, 7) is 3.60. The van der Waals surface area contributed by atoms with Gasteiger partial charge in [0, 0.05) is 12.1 Å².